The first-order valence-corrected chi connectivity index (χ1v) is 8.72. The molecule has 23 heavy (non-hydrogen) atoms. The SMILES string of the molecule is CN1CCC(NC(=O)Nc2cccc(S(=O)(=O)C(F)F)c2)CC1. The fourth-order valence-corrected chi connectivity index (χ4v) is 3.12. The molecule has 0 aromatic heterocycles. The number of hydrogen-bond acceptors (Lipinski definition) is 4. The van der Waals surface area contributed by atoms with Crippen molar-refractivity contribution in [2.75, 3.05) is 25.5 Å². The number of amides is 2. The second kappa shape index (κ2) is 7.22. The maximum absolute atomic E-state index is 12.5. The van der Waals surface area contributed by atoms with Crippen molar-refractivity contribution in [3.63, 3.8) is 0 Å². The van der Waals surface area contributed by atoms with Crippen molar-refractivity contribution in [2.24, 2.45) is 0 Å². The minimum absolute atomic E-state index is 0.0409. The van der Waals surface area contributed by atoms with Gasteiger partial charge >= 0.3 is 11.8 Å². The largest absolute Gasteiger partial charge is 0.341 e. The monoisotopic (exact) mass is 347 g/mol. The maximum Gasteiger partial charge on any atom is 0.341 e. The molecular weight excluding hydrogens is 328 g/mol. The zero-order valence-corrected chi connectivity index (χ0v) is 13.4. The summed E-state index contributed by atoms with van der Waals surface area (Å²) in [5.74, 6) is -3.49. The van der Waals surface area contributed by atoms with Gasteiger partial charge in [-0.2, -0.15) is 8.78 Å². The highest BCUT2D eigenvalue weighted by Crippen LogP contribution is 2.21. The van der Waals surface area contributed by atoms with Crippen molar-refractivity contribution in [1.82, 2.24) is 10.2 Å². The molecule has 2 rings (SSSR count). The first kappa shape index (κ1) is 17.6. The molecule has 0 saturated carbocycles. The minimum atomic E-state index is -4.68. The molecule has 1 saturated heterocycles. The Kier molecular flexibility index (Phi) is 5.53. The number of rotatable bonds is 4. The number of likely N-dealkylation sites (tertiary alicyclic amines) is 1. The predicted octanol–water partition coefficient (Wildman–Crippen LogP) is 1.90. The summed E-state index contributed by atoms with van der Waals surface area (Å²) in [5.41, 5.74) is 0.150. The molecule has 1 fully saturated rings. The highest BCUT2D eigenvalue weighted by molar-refractivity contribution is 7.91. The van der Waals surface area contributed by atoms with E-state index >= 15 is 0 Å². The van der Waals surface area contributed by atoms with Gasteiger partial charge in [-0.05, 0) is 51.2 Å². The summed E-state index contributed by atoms with van der Waals surface area (Å²) < 4.78 is 48.0. The van der Waals surface area contributed by atoms with Crippen LogP contribution in [0.4, 0.5) is 19.3 Å². The number of nitrogens with zero attached hydrogens (tertiary/aromatic N) is 1. The number of carbonyl (C=O) groups is 1. The number of nitrogens with one attached hydrogen (secondary N) is 2. The second-order valence-electron chi connectivity index (χ2n) is 5.51. The summed E-state index contributed by atoms with van der Waals surface area (Å²) in [4.78, 5) is 13.6. The van der Waals surface area contributed by atoms with Crippen LogP contribution in [0, 0.1) is 0 Å². The molecule has 0 bridgehead atoms. The fourth-order valence-electron chi connectivity index (χ4n) is 2.36. The number of urea groups is 1. The first-order valence-electron chi connectivity index (χ1n) is 7.17. The Labute approximate surface area is 133 Å². The van der Waals surface area contributed by atoms with Gasteiger partial charge in [0.05, 0.1) is 4.90 Å². The van der Waals surface area contributed by atoms with Crippen LogP contribution in [-0.4, -0.2) is 51.3 Å². The third kappa shape index (κ3) is 4.61. The molecule has 2 N–H and O–H groups in total. The van der Waals surface area contributed by atoms with E-state index in [1.165, 1.54) is 12.1 Å². The molecule has 0 radical (unpaired) electrons. The number of carbonyl (C=O) groups excluding carboxylic acids is 1. The Morgan fingerprint density at radius 3 is 2.57 bits per heavy atom. The van der Waals surface area contributed by atoms with Crippen LogP contribution in [0.25, 0.3) is 0 Å². The van der Waals surface area contributed by atoms with E-state index in [9.17, 15) is 22.0 Å². The number of hydrogen-bond donors (Lipinski definition) is 2. The van der Waals surface area contributed by atoms with E-state index in [2.05, 4.69) is 15.5 Å². The highest BCUT2D eigenvalue weighted by Gasteiger charge is 2.26. The Balaban J connectivity index is 1.99. The normalized spacial score (nSPS) is 17.2. The van der Waals surface area contributed by atoms with Crippen LogP contribution < -0.4 is 10.6 Å². The van der Waals surface area contributed by atoms with Crippen LogP contribution in [-0.2, 0) is 9.84 Å². The van der Waals surface area contributed by atoms with E-state index in [1.807, 2.05) is 7.05 Å². The van der Waals surface area contributed by atoms with Crippen LogP contribution in [0.15, 0.2) is 29.2 Å². The van der Waals surface area contributed by atoms with Crippen LogP contribution in [0.1, 0.15) is 12.8 Å². The molecule has 1 heterocycles. The summed E-state index contributed by atoms with van der Waals surface area (Å²) >= 11 is 0. The van der Waals surface area contributed by atoms with E-state index in [4.69, 9.17) is 0 Å². The standard InChI is InChI=1S/C14H19F2N3O3S/c1-19-7-5-10(6-8-19)17-14(20)18-11-3-2-4-12(9-11)23(21,22)13(15)16/h2-4,9-10,13H,5-8H2,1H3,(H2,17,18,20). The molecule has 6 nitrogen and oxygen atoms in total. The number of halogens is 2. The number of anilines is 1. The Hall–Kier alpha value is -1.74. The van der Waals surface area contributed by atoms with Gasteiger partial charge in [0, 0.05) is 11.7 Å². The van der Waals surface area contributed by atoms with E-state index in [0.29, 0.717) is 0 Å². The molecule has 0 aliphatic carbocycles. The smallest absolute Gasteiger partial charge is 0.335 e. The minimum Gasteiger partial charge on any atom is -0.335 e. The summed E-state index contributed by atoms with van der Waals surface area (Å²) in [6, 6.07) is 4.40. The molecule has 9 heteroatoms. The van der Waals surface area contributed by atoms with E-state index < -0.39 is 26.5 Å². The van der Waals surface area contributed by atoms with Gasteiger partial charge in [-0.3, -0.25) is 0 Å². The van der Waals surface area contributed by atoms with Gasteiger partial charge in [0.25, 0.3) is 0 Å². The third-order valence-corrected chi connectivity index (χ3v) is 5.09. The Bertz CT molecular complexity index is 659. The summed E-state index contributed by atoms with van der Waals surface area (Å²) in [7, 11) is -2.67. The van der Waals surface area contributed by atoms with E-state index in [-0.39, 0.29) is 11.7 Å². The molecule has 0 spiro atoms. The van der Waals surface area contributed by atoms with Crippen molar-refractivity contribution in [3.05, 3.63) is 24.3 Å². The van der Waals surface area contributed by atoms with Crippen molar-refractivity contribution < 1.29 is 22.0 Å². The molecule has 1 aliphatic rings. The second-order valence-corrected chi connectivity index (χ2v) is 7.43. The molecule has 0 unspecified atom stereocenters. The van der Waals surface area contributed by atoms with Gasteiger partial charge in [0.2, 0.25) is 9.84 Å². The van der Waals surface area contributed by atoms with Crippen molar-refractivity contribution >= 4 is 21.6 Å². The van der Waals surface area contributed by atoms with E-state index in [0.717, 1.165) is 38.1 Å². The lowest BCUT2D eigenvalue weighted by molar-refractivity contribution is 0.221. The van der Waals surface area contributed by atoms with Gasteiger partial charge in [-0.25, -0.2) is 13.2 Å². The molecule has 1 aromatic carbocycles. The maximum atomic E-state index is 12.5. The zero-order chi connectivity index (χ0) is 17.0. The van der Waals surface area contributed by atoms with Gasteiger partial charge in [0.15, 0.2) is 0 Å². The van der Waals surface area contributed by atoms with Crippen molar-refractivity contribution in [1.29, 1.82) is 0 Å². The predicted molar refractivity (Wildman–Crippen MR) is 82.3 cm³/mol. The topological polar surface area (TPSA) is 78.5 Å². The first-order chi connectivity index (χ1) is 10.8. The fraction of sp³-hybridized carbons (Fsp3) is 0.500. The van der Waals surface area contributed by atoms with E-state index in [1.54, 1.807) is 0 Å². The lowest BCUT2D eigenvalue weighted by atomic mass is 10.1. The molecule has 128 valence electrons. The highest BCUT2D eigenvalue weighted by atomic mass is 32.2. The molecule has 1 aliphatic heterocycles. The number of benzene rings is 1. The number of piperidine rings is 1. The average molecular weight is 347 g/mol. The zero-order valence-electron chi connectivity index (χ0n) is 12.6. The quantitative estimate of drug-likeness (QED) is 0.872. The molecular formula is C14H19F2N3O3S. The molecule has 1 aromatic rings. The molecule has 0 atom stereocenters. The van der Waals surface area contributed by atoms with Gasteiger partial charge in [0.1, 0.15) is 0 Å². The lowest BCUT2D eigenvalue weighted by Crippen LogP contribution is -2.44. The summed E-state index contributed by atoms with van der Waals surface area (Å²) in [6.45, 7) is 1.76. The van der Waals surface area contributed by atoms with Crippen molar-refractivity contribution in [3.8, 4) is 0 Å². The Morgan fingerprint density at radius 1 is 1.30 bits per heavy atom. The van der Waals surface area contributed by atoms with Crippen LogP contribution in [0.5, 0.6) is 0 Å². The third-order valence-electron chi connectivity index (χ3n) is 3.71. The van der Waals surface area contributed by atoms with Gasteiger partial charge in [-0.15, -0.1) is 0 Å². The van der Waals surface area contributed by atoms with Crippen LogP contribution >= 0.6 is 0 Å². The van der Waals surface area contributed by atoms with Gasteiger partial charge < -0.3 is 15.5 Å². The number of alkyl halides is 2. The van der Waals surface area contributed by atoms with Crippen LogP contribution in [0.3, 0.4) is 0 Å². The van der Waals surface area contributed by atoms with Crippen molar-refractivity contribution in [2.45, 2.75) is 29.5 Å². The Morgan fingerprint density at radius 2 is 1.96 bits per heavy atom. The lowest BCUT2D eigenvalue weighted by Gasteiger charge is -2.29. The number of sulfone groups is 1. The summed E-state index contributed by atoms with van der Waals surface area (Å²) in [6.07, 6.45) is 1.65. The average Bonchev–Trinajstić information content (AvgIpc) is 2.49. The summed E-state index contributed by atoms with van der Waals surface area (Å²) in [5, 5.41) is 5.27. The molecule has 2 amide bonds. The van der Waals surface area contributed by atoms with Crippen LogP contribution in [0.2, 0.25) is 0 Å². The van der Waals surface area contributed by atoms with Gasteiger partial charge in [-0.1, -0.05) is 6.07 Å².